The van der Waals surface area contributed by atoms with Crippen molar-refractivity contribution in [1.82, 2.24) is 19.7 Å². The number of aromatic nitrogens is 3. The molecule has 6 atom stereocenters. The summed E-state index contributed by atoms with van der Waals surface area (Å²) >= 11 is 0. The number of carbonyl (C=O) groups is 1. The van der Waals surface area contributed by atoms with E-state index in [9.17, 15) is 19.6 Å². The molecule has 2 aromatic heterocycles. The maximum atomic E-state index is 13.8. The summed E-state index contributed by atoms with van der Waals surface area (Å²) in [6.45, 7) is 8.52. The van der Waals surface area contributed by atoms with Gasteiger partial charge in [0.05, 0.1) is 18.9 Å². The summed E-state index contributed by atoms with van der Waals surface area (Å²) in [5.41, 5.74) is 5.16. The number of aliphatic hydroxyl groups is 2. The average molecular weight is 578 g/mol. The molecule has 3 unspecified atom stereocenters. The topological polar surface area (TPSA) is 180 Å². The van der Waals surface area contributed by atoms with E-state index >= 15 is 0 Å². The third-order valence-electron chi connectivity index (χ3n) is 6.39. The number of carbonyl (C=O) groups excluding carboxylic acids is 1. The molecule has 13 nitrogen and oxygen atoms in total. The van der Waals surface area contributed by atoms with Crippen LogP contribution in [0.1, 0.15) is 40.3 Å². The number of nitrogens with two attached hydrogens (primary N) is 1. The Morgan fingerprint density at radius 3 is 2.62 bits per heavy atom. The zero-order valence-electron chi connectivity index (χ0n) is 23.1. The first-order valence-electron chi connectivity index (χ1n) is 12.8. The lowest BCUT2D eigenvalue weighted by Crippen LogP contribution is -2.40. The first kappa shape index (κ1) is 29.9. The summed E-state index contributed by atoms with van der Waals surface area (Å²) in [7, 11) is -4.23. The number of ether oxygens (including phenoxy) is 2. The van der Waals surface area contributed by atoms with Crippen LogP contribution in [-0.4, -0.2) is 68.3 Å². The molecule has 0 amide bonds. The number of anilines is 1. The quantitative estimate of drug-likeness (QED) is 0.204. The van der Waals surface area contributed by atoms with E-state index in [4.69, 9.17) is 24.3 Å². The van der Waals surface area contributed by atoms with Crippen LogP contribution in [0.4, 0.5) is 5.82 Å². The summed E-state index contributed by atoms with van der Waals surface area (Å²) < 4.78 is 38.1. The molecule has 1 saturated heterocycles. The zero-order valence-corrected chi connectivity index (χ0v) is 23.9. The van der Waals surface area contributed by atoms with Crippen molar-refractivity contribution in [3.63, 3.8) is 0 Å². The predicted octanol–water partition coefficient (Wildman–Crippen LogP) is 2.42. The van der Waals surface area contributed by atoms with E-state index in [0.29, 0.717) is 11.2 Å². The van der Waals surface area contributed by atoms with Crippen LogP contribution in [0, 0.1) is 5.41 Å². The van der Waals surface area contributed by atoms with Gasteiger partial charge in [-0.3, -0.25) is 9.32 Å². The van der Waals surface area contributed by atoms with Gasteiger partial charge in [0.25, 0.3) is 0 Å². The van der Waals surface area contributed by atoms with Gasteiger partial charge in [-0.2, -0.15) is 10.2 Å². The lowest BCUT2D eigenvalue weighted by atomic mass is 9.93. The second-order valence-electron chi connectivity index (χ2n) is 11.1. The van der Waals surface area contributed by atoms with E-state index in [-0.39, 0.29) is 23.6 Å². The number of fused-ring (bicyclic) bond motifs is 1. The highest BCUT2D eigenvalue weighted by Gasteiger charge is 2.54. The molecule has 0 radical (unpaired) electrons. The first-order valence-corrected chi connectivity index (χ1v) is 14.3. The molecule has 14 heteroatoms. The number of esters is 1. The molecule has 1 aromatic carbocycles. The van der Waals surface area contributed by atoms with Crippen molar-refractivity contribution >= 4 is 25.1 Å². The number of aliphatic hydroxyl groups excluding tert-OH is 2. The minimum Gasteiger partial charge on any atom is -0.464 e. The van der Waals surface area contributed by atoms with Gasteiger partial charge in [0.2, 0.25) is 0 Å². The Hall–Kier alpha value is -3.06. The lowest BCUT2D eigenvalue weighted by Gasteiger charge is -2.27. The molecular formula is C26H36N5O8P. The molecule has 4 rings (SSSR count). The highest BCUT2D eigenvalue weighted by atomic mass is 31.2. The van der Waals surface area contributed by atoms with Gasteiger partial charge in [-0.05, 0) is 43.5 Å². The van der Waals surface area contributed by atoms with Crippen LogP contribution in [0.3, 0.4) is 0 Å². The molecule has 0 bridgehead atoms. The fourth-order valence-electron chi connectivity index (χ4n) is 4.24. The highest BCUT2D eigenvalue weighted by molar-refractivity contribution is 7.52. The Morgan fingerprint density at radius 2 is 1.95 bits per heavy atom. The monoisotopic (exact) mass is 577 g/mol. The van der Waals surface area contributed by atoms with Gasteiger partial charge in [0.15, 0.2) is 5.82 Å². The van der Waals surface area contributed by atoms with E-state index < -0.39 is 50.3 Å². The Labute approximate surface area is 232 Å². The van der Waals surface area contributed by atoms with Crippen molar-refractivity contribution in [2.45, 2.75) is 64.6 Å². The smallest absolute Gasteiger partial charge is 0.459 e. The van der Waals surface area contributed by atoms with Crippen LogP contribution >= 0.6 is 7.75 Å². The second-order valence-corrected chi connectivity index (χ2v) is 12.8. The van der Waals surface area contributed by atoms with E-state index in [1.165, 1.54) is 17.8 Å². The van der Waals surface area contributed by atoms with Crippen LogP contribution in [0.15, 0.2) is 48.8 Å². The average Bonchev–Trinajstić information content (AvgIpc) is 3.43. The van der Waals surface area contributed by atoms with Crippen LogP contribution in [0.5, 0.6) is 5.75 Å². The van der Waals surface area contributed by atoms with Gasteiger partial charge >= 0.3 is 13.7 Å². The van der Waals surface area contributed by atoms with Gasteiger partial charge in [-0.15, -0.1) is 0 Å². The lowest BCUT2D eigenvalue weighted by molar-refractivity contribution is -0.148. The Bertz CT molecular complexity index is 1380. The van der Waals surface area contributed by atoms with E-state index in [1.807, 2.05) is 20.8 Å². The standard InChI is InChI=1S/C26H36N5O8P/c1-16(24(34)36-14-25(2,3)4)30-40(35,39-17-9-7-6-8-10-17)37-13-19-21(32)22(33)26(5,38-19)20-12-11-18-23(27)28-15-29-31(18)20/h6-12,15-16,19,21-22,32-33H,13-14H2,1-5H3,(H,30,35)(H2,27,28,29)/t16-,19?,21?,22+,26-,40?/m0/s1. The van der Waals surface area contributed by atoms with Gasteiger partial charge < -0.3 is 29.9 Å². The molecule has 40 heavy (non-hydrogen) atoms. The molecular weight excluding hydrogens is 541 g/mol. The van der Waals surface area contributed by atoms with Crippen LogP contribution in [0.25, 0.3) is 5.52 Å². The molecule has 0 saturated carbocycles. The third kappa shape index (κ3) is 6.46. The minimum absolute atomic E-state index is 0.159. The van der Waals surface area contributed by atoms with Gasteiger partial charge in [0.1, 0.15) is 47.5 Å². The number of nitrogen functional groups attached to an aromatic ring is 1. The number of nitrogens with zero attached hydrogens (tertiary/aromatic N) is 3. The number of rotatable bonds is 10. The van der Waals surface area contributed by atoms with Crippen molar-refractivity contribution in [1.29, 1.82) is 0 Å². The molecule has 1 aliphatic heterocycles. The van der Waals surface area contributed by atoms with Gasteiger partial charge in [-0.25, -0.2) is 14.1 Å². The Kier molecular flexibility index (Phi) is 8.55. The summed E-state index contributed by atoms with van der Waals surface area (Å²) in [4.78, 5) is 16.5. The summed E-state index contributed by atoms with van der Waals surface area (Å²) in [6.07, 6.45) is -2.68. The number of hydrogen-bond donors (Lipinski definition) is 4. The van der Waals surface area contributed by atoms with E-state index in [1.54, 1.807) is 49.4 Å². The molecule has 0 spiro atoms. The van der Waals surface area contributed by atoms with E-state index in [2.05, 4.69) is 15.2 Å². The summed E-state index contributed by atoms with van der Waals surface area (Å²) in [6, 6.07) is 10.6. The molecule has 5 N–H and O–H groups in total. The van der Waals surface area contributed by atoms with Crippen molar-refractivity contribution < 1.29 is 38.1 Å². The maximum Gasteiger partial charge on any atom is 0.459 e. The molecule has 3 heterocycles. The molecule has 1 aliphatic rings. The summed E-state index contributed by atoms with van der Waals surface area (Å²) in [5, 5.41) is 28.7. The fourth-order valence-corrected chi connectivity index (χ4v) is 5.74. The molecule has 0 aliphatic carbocycles. The highest BCUT2D eigenvalue weighted by Crippen LogP contribution is 2.47. The number of hydrogen-bond acceptors (Lipinski definition) is 11. The number of benzene rings is 1. The van der Waals surface area contributed by atoms with Crippen molar-refractivity contribution in [2.24, 2.45) is 5.41 Å². The van der Waals surface area contributed by atoms with Crippen LogP contribution in [-0.2, 0) is 29.0 Å². The van der Waals surface area contributed by atoms with Crippen molar-refractivity contribution in [2.75, 3.05) is 18.9 Å². The number of nitrogens with one attached hydrogen (secondary N) is 1. The van der Waals surface area contributed by atoms with E-state index in [0.717, 1.165) is 0 Å². The minimum atomic E-state index is -4.23. The molecule has 1 fully saturated rings. The van der Waals surface area contributed by atoms with Crippen molar-refractivity contribution in [3.8, 4) is 5.75 Å². The third-order valence-corrected chi connectivity index (χ3v) is 8.03. The molecule has 218 valence electrons. The second kappa shape index (κ2) is 11.4. The largest absolute Gasteiger partial charge is 0.464 e. The van der Waals surface area contributed by atoms with Crippen molar-refractivity contribution in [3.05, 3.63) is 54.5 Å². The summed E-state index contributed by atoms with van der Waals surface area (Å²) in [5.74, 6) is -0.182. The zero-order chi connectivity index (χ0) is 29.3. The predicted molar refractivity (Wildman–Crippen MR) is 145 cm³/mol. The normalized spacial score (nSPS) is 25.4. The molecule has 3 aromatic rings. The number of para-hydroxylation sites is 1. The SMILES string of the molecule is C[C@H](NP(=O)(OCC1O[C@@](C)(c2ccc3c(N)ncnn23)[C@H](O)C1O)Oc1ccccc1)C(=O)OCC(C)(C)C. The Morgan fingerprint density at radius 1 is 1.25 bits per heavy atom. The maximum absolute atomic E-state index is 13.8. The van der Waals surface area contributed by atoms with Crippen LogP contribution < -0.4 is 15.3 Å². The first-order chi connectivity index (χ1) is 18.7. The van der Waals surface area contributed by atoms with Crippen LogP contribution in [0.2, 0.25) is 0 Å². The Balaban J connectivity index is 1.52. The van der Waals surface area contributed by atoms with Gasteiger partial charge in [-0.1, -0.05) is 39.0 Å². The van der Waals surface area contributed by atoms with Gasteiger partial charge in [0, 0.05) is 0 Å². The fraction of sp³-hybridized carbons (Fsp3) is 0.500.